The van der Waals surface area contributed by atoms with Crippen molar-refractivity contribution in [3.05, 3.63) is 0 Å². The Morgan fingerprint density at radius 1 is 0.714 bits per heavy atom. The van der Waals surface area contributed by atoms with E-state index in [1.165, 1.54) is 83.5 Å². The number of Topliss-reactive ketones (excluding diaryl/α,β-unsaturated/α-hetero) is 1. The van der Waals surface area contributed by atoms with E-state index < -0.39 is 0 Å². The van der Waals surface area contributed by atoms with Crippen molar-refractivity contribution >= 4 is 5.78 Å². The molecule has 0 bridgehead atoms. The Labute approximate surface area is 134 Å². The van der Waals surface area contributed by atoms with E-state index in [4.69, 9.17) is 0 Å². The topological polar surface area (TPSA) is 17.1 Å². The minimum Gasteiger partial charge on any atom is -0.300 e. The first-order valence-electron chi connectivity index (χ1n) is 9.66. The van der Waals surface area contributed by atoms with E-state index >= 15 is 0 Å². The minimum absolute atomic E-state index is 0.346. The van der Waals surface area contributed by atoms with Crippen LogP contribution in [0, 0.1) is 5.92 Å². The van der Waals surface area contributed by atoms with Crippen LogP contribution in [-0.2, 0) is 4.79 Å². The van der Waals surface area contributed by atoms with E-state index in [0.717, 1.165) is 18.8 Å². The van der Waals surface area contributed by atoms with Crippen molar-refractivity contribution in [2.24, 2.45) is 5.92 Å². The maximum absolute atomic E-state index is 10.8. The predicted octanol–water partition coefficient (Wildman–Crippen LogP) is 7.08. The van der Waals surface area contributed by atoms with Gasteiger partial charge < -0.3 is 4.79 Å². The van der Waals surface area contributed by atoms with Crippen LogP contribution in [-0.4, -0.2) is 5.78 Å². The van der Waals surface area contributed by atoms with Gasteiger partial charge in [0, 0.05) is 6.42 Å². The lowest BCUT2D eigenvalue weighted by molar-refractivity contribution is -0.117. The van der Waals surface area contributed by atoms with Gasteiger partial charge in [-0.1, -0.05) is 97.3 Å². The molecule has 0 N–H and O–H groups in total. The fourth-order valence-corrected chi connectivity index (χ4v) is 2.99. The normalized spacial score (nSPS) is 12.5. The molecule has 0 amide bonds. The van der Waals surface area contributed by atoms with Gasteiger partial charge in [-0.15, -0.1) is 0 Å². The summed E-state index contributed by atoms with van der Waals surface area (Å²) in [7, 11) is 0. The molecule has 0 aliphatic heterocycles. The van der Waals surface area contributed by atoms with Crippen molar-refractivity contribution in [3.8, 4) is 0 Å². The second-order valence-electron chi connectivity index (χ2n) is 7.02. The van der Waals surface area contributed by atoms with Gasteiger partial charge >= 0.3 is 0 Å². The minimum atomic E-state index is 0.346. The number of ketones is 1. The van der Waals surface area contributed by atoms with Crippen molar-refractivity contribution in [3.63, 3.8) is 0 Å². The number of hydrogen-bond donors (Lipinski definition) is 0. The monoisotopic (exact) mass is 296 g/mol. The molecule has 0 spiro atoms. The van der Waals surface area contributed by atoms with Gasteiger partial charge in [-0.25, -0.2) is 0 Å². The number of rotatable bonds is 16. The quantitative estimate of drug-likeness (QED) is 0.278. The molecule has 0 heterocycles. The summed E-state index contributed by atoms with van der Waals surface area (Å²) in [6.45, 7) is 6.41. The van der Waals surface area contributed by atoms with Crippen LogP contribution in [0.3, 0.4) is 0 Å². The summed E-state index contributed by atoms with van der Waals surface area (Å²) in [5.41, 5.74) is 0. The third-order valence-electron chi connectivity index (χ3n) is 4.53. The number of carbonyl (C=O) groups excluding carboxylic acids is 1. The van der Waals surface area contributed by atoms with E-state index in [9.17, 15) is 4.79 Å². The van der Waals surface area contributed by atoms with Crippen molar-refractivity contribution in [2.75, 3.05) is 0 Å². The van der Waals surface area contributed by atoms with Crippen LogP contribution >= 0.6 is 0 Å². The summed E-state index contributed by atoms with van der Waals surface area (Å²) in [5, 5.41) is 0. The molecule has 0 aromatic carbocycles. The average Bonchev–Trinajstić information content (AvgIpc) is 2.44. The van der Waals surface area contributed by atoms with Crippen molar-refractivity contribution in [2.45, 2.75) is 117 Å². The molecular formula is C20H40O. The van der Waals surface area contributed by atoms with Gasteiger partial charge in [-0.05, 0) is 19.3 Å². The van der Waals surface area contributed by atoms with Crippen LogP contribution in [0.25, 0.3) is 0 Å². The van der Waals surface area contributed by atoms with E-state index in [0.29, 0.717) is 5.78 Å². The molecule has 0 rings (SSSR count). The molecule has 0 saturated heterocycles. The SMILES string of the molecule is CCCCCC(C)CCCCCCCCCCCC(C)=O. The highest BCUT2D eigenvalue weighted by Crippen LogP contribution is 2.18. The van der Waals surface area contributed by atoms with Crippen LogP contribution in [0.1, 0.15) is 117 Å². The van der Waals surface area contributed by atoms with E-state index in [1.807, 2.05) is 0 Å². The van der Waals surface area contributed by atoms with Crippen LogP contribution in [0.5, 0.6) is 0 Å². The largest absolute Gasteiger partial charge is 0.300 e. The second-order valence-corrected chi connectivity index (χ2v) is 7.02. The molecule has 1 heteroatoms. The second kappa shape index (κ2) is 16.0. The Morgan fingerprint density at radius 3 is 1.62 bits per heavy atom. The number of unbranched alkanes of at least 4 members (excludes halogenated alkanes) is 10. The summed E-state index contributed by atoms with van der Waals surface area (Å²) < 4.78 is 0. The molecular weight excluding hydrogens is 256 g/mol. The third-order valence-corrected chi connectivity index (χ3v) is 4.53. The highest BCUT2D eigenvalue weighted by atomic mass is 16.1. The highest BCUT2D eigenvalue weighted by Gasteiger charge is 2.01. The zero-order valence-corrected chi connectivity index (χ0v) is 15.1. The Bertz CT molecular complexity index is 222. The lowest BCUT2D eigenvalue weighted by Crippen LogP contribution is -1.94. The van der Waals surface area contributed by atoms with Gasteiger partial charge in [0.2, 0.25) is 0 Å². The fourth-order valence-electron chi connectivity index (χ4n) is 2.99. The summed E-state index contributed by atoms with van der Waals surface area (Å²) in [5.74, 6) is 1.29. The van der Waals surface area contributed by atoms with Gasteiger partial charge in [0.05, 0.1) is 0 Å². The maximum atomic E-state index is 10.8. The fraction of sp³-hybridized carbons (Fsp3) is 0.950. The Balaban J connectivity index is 3.10. The molecule has 21 heavy (non-hydrogen) atoms. The lowest BCUT2D eigenvalue weighted by Gasteiger charge is -2.10. The van der Waals surface area contributed by atoms with E-state index in [1.54, 1.807) is 6.92 Å². The third kappa shape index (κ3) is 17.6. The molecule has 0 saturated carbocycles. The van der Waals surface area contributed by atoms with Gasteiger partial charge in [0.15, 0.2) is 0 Å². The Hall–Kier alpha value is -0.330. The van der Waals surface area contributed by atoms with Crippen LogP contribution in [0.4, 0.5) is 0 Å². The molecule has 1 nitrogen and oxygen atoms in total. The lowest BCUT2D eigenvalue weighted by atomic mass is 9.96. The van der Waals surface area contributed by atoms with Crippen molar-refractivity contribution < 1.29 is 4.79 Å². The van der Waals surface area contributed by atoms with Crippen LogP contribution in [0.2, 0.25) is 0 Å². The Morgan fingerprint density at radius 2 is 1.14 bits per heavy atom. The Kier molecular flexibility index (Phi) is 15.8. The molecule has 126 valence electrons. The average molecular weight is 297 g/mol. The predicted molar refractivity (Wildman–Crippen MR) is 94.8 cm³/mol. The van der Waals surface area contributed by atoms with Gasteiger partial charge in [-0.3, -0.25) is 0 Å². The molecule has 0 aliphatic rings. The molecule has 0 fully saturated rings. The molecule has 0 radical (unpaired) electrons. The number of carbonyl (C=O) groups is 1. The molecule has 0 aromatic rings. The van der Waals surface area contributed by atoms with Crippen molar-refractivity contribution in [1.82, 2.24) is 0 Å². The summed E-state index contributed by atoms with van der Waals surface area (Å²) in [6.07, 6.45) is 20.0. The first-order chi connectivity index (χ1) is 10.2. The van der Waals surface area contributed by atoms with Gasteiger partial charge in [0.25, 0.3) is 0 Å². The zero-order valence-electron chi connectivity index (χ0n) is 15.1. The summed E-state index contributed by atoms with van der Waals surface area (Å²) >= 11 is 0. The molecule has 1 unspecified atom stereocenters. The van der Waals surface area contributed by atoms with E-state index in [2.05, 4.69) is 13.8 Å². The highest BCUT2D eigenvalue weighted by molar-refractivity contribution is 5.75. The number of hydrogen-bond acceptors (Lipinski definition) is 1. The van der Waals surface area contributed by atoms with E-state index in [-0.39, 0.29) is 0 Å². The summed E-state index contributed by atoms with van der Waals surface area (Å²) in [6, 6.07) is 0. The van der Waals surface area contributed by atoms with Gasteiger partial charge in [0.1, 0.15) is 5.78 Å². The van der Waals surface area contributed by atoms with Crippen molar-refractivity contribution in [1.29, 1.82) is 0 Å². The molecule has 0 aromatic heterocycles. The standard InChI is InChI=1S/C20H40O/c1-4-5-13-16-19(2)17-14-11-9-7-6-8-10-12-15-18-20(3)21/h19H,4-18H2,1-3H3. The molecule has 0 aliphatic carbocycles. The first kappa shape index (κ1) is 20.7. The zero-order chi connectivity index (χ0) is 15.8. The van der Waals surface area contributed by atoms with Crippen LogP contribution in [0.15, 0.2) is 0 Å². The first-order valence-corrected chi connectivity index (χ1v) is 9.66. The van der Waals surface area contributed by atoms with Crippen LogP contribution < -0.4 is 0 Å². The maximum Gasteiger partial charge on any atom is 0.129 e. The smallest absolute Gasteiger partial charge is 0.129 e. The summed E-state index contributed by atoms with van der Waals surface area (Å²) in [4.78, 5) is 10.8. The van der Waals surface area contributed by atoms with Gasteiger partial charge in [-0.2, -0.15) is 0 Å². The molecule has 1 atom stereocenters.